The highest BCUT2D eigenvalue weighted by atomic mass is 32.2. The molecule has 0 amide bonds. The maximum absolute atomic E-state index is 12.6. The van der Waals surface area contributed by atoms with Crippen LogP contribution in [-0.4, -0.2) is 13.0 Å². The molecule has 0 spiro atoms. The average Bonchev–Trinajstić information content (AvgIpc) is 3.13. The lowest BCUT2D eigenvalue weighted by atomic mass is 9.90. The van der Waals surface area contributed by atoms with Gasteiger partial charge in [-0.1, -0.05) is 239 Å². The SMILES string of the molecule is CCCCCCCCCCCCCCc1ccc(S(=O)(=O)O)c(CCCCCCCCCCCCCC)c1CCCCCCCCCCCCCC. The van der Waals surface area contributed by atoms with Crippen molar-refractivity contribution in [2.75, 3.05) is 0 Å². The number of benzene rings is 1. The summed E-state index contributed by atoms with van der Waals surface area (Å²) in [7, 11) is -4.24. The maximum atomic E-state index is 12.6. The Morgan fingerprint density at radius 3 is 0.885 bits per heavy atom. The van der Waals surface area contributed by atoms with Crippen LogP contribution in [-0.2, 0) is 29.4 Å². The van der Waals surface area contributed by atoms with E-state index in [0.717, 1.165) is 44.1 Å². The second-order valence-corrected chi connectivity index (χ2v) is 18.0. The average molecular weight is 747 g/mol. The molecular formula is C48H90O3S. The normalized spacial score (nSPS) is 11.9. The van der Waals surface area contributed by atoms with E-state index >= 15 is 0 Å². The molecule has 0 atom stereocenters. The summed E-state index contributed by atoms with van der Waals surface area (Å²) < 4.78 is 35.6. The van der Waals surface area contributed by atoms with E-state index in [0.29, 0.717) is 0 Å². The highest BCUT2D eigenvalue weighted by Gasteiger charge is 2.21. The van der Waals surface area contributed by atoms with Gasteiger partial charge in [0.25, 0.3) is 10.1 Å². The summed E-state index contributed by atoms with van der Waals surface area (Å²) in [5, 5.41) is 0. The molecule has 306 valence electrons. The third-order valence-electron chi connectivity index (χ3n) is 11.6. The first-order chi connectivity index (χ1) is 25.5. The fourth-order valence-corrected chi connectivity index (χ4v) is 9.00. The highest BCUT2D eigenvalue weighted by Crippen LogP contribution is 2.29. The van der Waals surface area contributed by atoms with E-state index in [-0.39, 0.29) is 4.90 Å². The predicted molar refractivity (Wildman–Crippen MR) is 231 cm³/mol. The molecule has 4 heteroatoms. The van der Waals surface area contributed by atoms with Crippen molar-refractivity contribution >= 4 is 10.1 Å². The first kappa shape index (κ1) is 49.1. The van der Waals surface area contributed by atoms with Gasteiger partial charge in [-0.05, 0) is 61.3 Å². The minimum Gasteiger partial charge on any atom is -0.282 e. The largest absolute Gasteiger partial charge is 0.294 e. The summed E-state index contributed by atoms with van der Waals surface area (Å²) in [6.45, 7) is 6.85. The summed E-state index contributed by atoms with van der Waals surface area (Å²) in [5.41, 5.74) is 3.54. The van der Waals surface area contributed by atoms with Crippen LogP contribution in [0, 0.1) is 0 Å². The Morgan fingerprint density at radius 1 is 0.346 bits per heavy atom. The third kappa shape index (κ3) is 27.7. The fraction of sp³-hybridized carbons (Fsp3) is 0.875. The predicted octanol–water partition coefficient (Wildman–Crippen LogP) is 16.7. The van der Waals surface area contributed by atoms with Crippen molar-refractivity contribution < 1.29 is 13.0 Å². The van der Waals surface area contributed by atoms with Crippen molar-refractivity contribution in [2.24, 2.45) is 0 Å². The van der Waals surface area contributed by atoms with Gasteiger partial charge in [-0.2, -0.15) is 8.42 Å². The smallest absolute Gasteiger partial charge is 0.282 e. The molecule has 3 nitrogen and oxygen atoms in total. The Hall–Kier alpha value is -0.870. The molecule has 0 saturated heterocycles. The summed E-state index contributed by atoms with van der Waals surface area (Å²) in [6.07, 6.45) is 50.4. The highest BCUT2D eigenvalue weighted by molar-refractivity contribution is 7.85. The van der Waals surface area contributed by atoms with Gasteiger partial charge in [-0.25, -0.2) is 0 Å². The van der Waals surface area contributed by atoms with Crippen molar-refractivity contribution in [3.63, 3.8) is 0 Å². The van der Waals surface area contributed by atoms with Gasteiger partial charge in [0.1, 0.15) is 0 Å². The lowest BCUT2D eigenvalue weighted by Gasteiger charge is -2.18. The Balaban J connectivity index is 2.66. The van der Waals surface area contributed by atoms with Crippen LogP contribution < -0.4 is 0 Å². The van der Waals surface area contributed by atoms with Gasteiger partial charge in [0.2, 0.25) is 0 Å². The minimum absolute atomic E-state index is 0.183. The molecule has 0 aromatic heterocycles. The molecule has 1 aromatic rings. The monoisotopic (exact) mass is 747 g/mol. The van der Waals surface area contributed by atoms with E-state index in [2.05, 4.69) is 20.8 Å². The van der Waals surface area contributed by atoms with E-state index in [9.17, 15) is 13.0 Å². The molecule has 0 aliphatic heterocycles. The van der Waals surface area contributed by atoms with Crippen molar-refractivity contribution in [1.82, 2.24) is 0 Å². The summed E-state index contributed by atoms with van der Waals surface area (Å²) >= 11 is 0. The second kappa shape index (κ2) is 35.8. The fourth-order valence-electron chi connectivity index (χ4n) is 8.22. The maximum Gasteiger partial charge on any atom is 0.294 e. The van der Waals surface area contributed by atoms with Crippen molar-refractivity contribution in [2.45, 2.75) is 276 Å². The van der Waals surface area contributed by atoms with Gasteiger partial charge in [-0.3, -0.25) is 4.55 Å². The van der Waals surface area contributed by atoms with Crippen LogP contribution in [0.15, 0.2) is 17.0 Å². The van der Waals surface area contributed by atoms with Gasteiger partial charge in [0.05, 0.1) is 4.90 Å². The van der Waals surface area contributed by atoms with E-state index in [1.165, 1.54) is 223 Å². The number of unbranched alkanes of at least 4 members (excludes halogenated alkanes) is 33. The van der Waals surface area contributed by atoms with Crippen molar-refractivity contribution in [3.05, 3.63) is 28.8 Å². The topological polar surface area (TPSA) is 54.4 Å². The number of hydrogen-bond acceptors (Lipinski definition) is 2. The molecule has 1 rings (SSSR count). The molecule has 0 bridgehead atoms. The van der Waals surface area contributed by atoms with Crippen LogP contribution in [0.25, 0.3) is 0 Å². The van der Waals surface area contributed by atoms with Crippen molar-refractivity contribution in [3.8, 4) is 0 Å². The Labute approximate surface area is 326 Å². The van der Waals surface area contributed by atoms with Crippen molar-refractivity contribution in [1.29, 1.82) is 0 Å². The standard InChI is InChI=1S/C48H90O3S/c1-4-7-10-13-16-19-22-25-28-31-34-37-40-45-43-44-48(52(49,50)51)47(42-39-36-33-30-27-24-21-18-15-12-9-6-3)46(45)41-38-35-32-29-26-23-20-17-14-11-8-5-2/h43-44H,4-42H2,1-3H3,(H,49,50,51). The molecule has 1 N–H and O–H groups in total. The van der Waals surface area contributed by atoms with Gasteiger partial charge in [0.15, 0.2) is 0 Å². The first-order valence-electron chi connectivity index (χ1n) is 23.6. The molecule has 0 radical (unpaired) electrons. The van der Waals surface area contributed by atoms with Gasteiger partial charge >= 0.3 is 0 Å². The minimum atomic E-state index is -4.24. The van der Waals surface area contributed by atoms with Gasteiger partial charge in [-0.15, -0.1) is 0 Å². The zero-order valence-corrected chi connectivity index (χ0v) is 36.2. The van der Waals surface area contributed by atoms with Crippen LogP contribution in [0.3, 0.4) is 0 Å². The number of rotatable bonds is 40. The molecular weight excluding hydrogens is 657 g/mol. The van der Waals surface area contributed by atoms with Crippen LogP contribution in [0.5, 0.6) is 0 Å². The quantitative estimate of drug-likeness (QED) is 0.0537. The first-order valence-corrected chi connectivity index (χ1v) is 25.0. The van der Waals surface area contributed by atoms with Crippen LogP contribution in [0.4, 0.5) is 0 Å². The zero-order chi connectivity index (χ0) is 37.8. The van der Waals surface area contributed by atoms with Crippen LogP contribution in [0.1, 0.15) is 269 Å². The lowest BCUT2D eigenvalue weighted by Crippen LogP contribution is -2.10. The van der Waals surface area contributed by atoms with Gasteiger partial charge in [0, 0.05) is 0 Å². The third-order valence-corrected chi connectivity index (χ3v) is 12.6. The molecule has 0 aliphatic carbocycles. The summed E-state index contributed by atoms with van der Waals surface area (Å²) in [4.78, 5) is 0.183. The summed E-state index contributed by atoms with van der Waals surface area (Å²) in [6, 6.07) is 3.77. The van der Waals surface area contributed by atoms with Crippen LogP contribution >= 0.6 is 0 Å². The Kier molecular flexibility index (Phi) is 33.8. The molecule has 52 heavy (non-hydrogen) atoms. The number of aryl methyl sites for hydroxylation is 1. The molecule has 0 heterocycles. The summed E-state index contributed by atoms with van der Waals surface area (Å²) in [5.74, 6) is 0. The molecule has 0 aliphatic rings. The van der Waals surface area contributed by atoms with E-state index < -0.39 is 10.1 Å². The second-order valence-electron chi connectivity index (χ2n) is 16.6. The molecule has 0 unspecified atom stereocenters. The van der Waals surface area contributed by atoms with E-state index in [1.807, 2.05) is 6.07 Å². The van der Waals surface area contributed by atoms with Gasteiger partial charge < -0.3 is 0 Å². The van der Waals surface area contributed by atoms with E-state index in [1.54, 1.807) is 6.07 Å². The number of hydrogen-bond donors (Lipinski definition) is 1. The molecule has 0 fully saturated rings. The van der Waals surface area contributed by atoms with Crippen LogP contribution in [0.2, 0.25) is 0 Å². The Morgan fingerprint density at radius 2 is 0.596 bits per heavy atom. The van der Waals surface area contributed by atoms with E-state index in [4.69, 9.17) is 0 Å². The zero-order valence-electron chi connectivity index (χ0n) is 35.4. The molecule has 1 aromatic carbocycles. The molecule has 0 saturated carbocycles. The Bertz CT molecular complexity index is 1020. The lowest BCUT2D eigenvalue weighted by molar-refractivity contribution is 0.481.